The van der Waals surface area contributed by atoms with E-state index in [9.17, 15) is 14.7 Å². The fraction of sp³-hybridized carbons (Fsp3) is 0.333. The number of para-hydroxylation sites is 1. The van der Waals surface area contributed by atoms with Crippen LogP contribution in [0.2, 0.25) is 0 Å². The molecule has 1 amide bonds. The van der Waals surface area contributed by atoms with Gasteiger partial charge in [0.2, 0.25) is 0 Å². The first kappa shape index (κ1) is 14.0. The number of rotatable bonds is 3. The van der Waals surface area contributed by atoms with Gasteiger partial charge in [-0.25, -0.2) is 4.79 Å². The van der Waals surface area contributed by atoms with E-state index in [0.29, 0.717) is 18.5 Å². The van der Waals surface area contributed by atoms with Crippen LogP contribution in [0, 0.1) is 0 Å². The van der Waals surface area contributed by atoms with Crippen LogP contribution in [0.1, 0.15) is 23.3 Å². The second-order valence-electron chi connectivity index (χ2n) is 5.22. The van der Waals surface area contributed by atoms with E-state index in [1.165, 1.54) is 0 Å². The number of aliphatic carboxylic acids is 1. The molecule has 1 saturated heterocycles. The number of carboxylic acids is 1. The Morgan fingerprint density at radius 3 is 2.62 bits per heavy atom. The smallest absolute Gasteiger partial charge is 0.329 e. The van der Waals surface area contributed by atoms with Gasteiger partial charge in [0.1, 0.15) is 11.2 Å². The summed E-state index contributed by atoms with van der Waals surface area (Å²) in [7, 11) is 0. The maximum atomic E-state index is 12.4. The zero-order valence-corrected chi connectivity index (χ0v) is 12.2. The lowest BCUT2D eigenvalue weighted by molar-refractivity contribution is -0.144. The number of aromatic nitrogens is 1. The monoisotopic (exact) mass is 304 g/mol. The lowest BCUT2D eigenvalue weighted by Crippen LogP contribution is -2.56. The van der Waals surface area contributed by atoms with Crippen LogP contribution in [0.5, 0.6) is 0 Å². The molecule has 0 bridgehead atoms. The Morgan fingerprint density at radius 1 is 1.24 bits per heavy atom. The molecule has 1 aromatic carbocycles. The standard InChI is InChI=1S/C15H16N2O3S/c18-13(12-9-10-3-1-2-4-11(10)16-12)17-15(14(19)20)5-7-21-8-6-15/h1-4,9,16H,5-8H2,(H,17,18)(H,19,20). The second kappa shape index (κ2) is 5.44. The molecule has 0 spiro atoms. The fourth-order valence-electron chi connectivity index (χ4n) is 2.59. The molecule has 0 aliphatic carbocycles. The highest BCUT2D eigenvalue weighted by molar-refractivity contribution is 7.99. The van der Waals surface area contributed by atoms with Gasteiger partial charge in [0, 0.05) is 10.9 Å². The van der Waals surface area contributed by atoms with E-state index in [0.717, 1.165) is 22.4 Å². The minimum absolute atomic E-state index is 0.361. The number of nitrogens with one attached hydrogen (secondary N) is 2. The zero-order chi connectivity index (χ0) is 14.9. The lowest BCUT2D eigenvalue weighted by atomic mass is 9.92. The number of aromatic amines is 1. The highest BCUT2D eigenvalue weighted by atomic mass is 32.2. The van der Waals surface area contributed by atoms with E-state index in [1.54, 1.807) is 17.8 Å². The lowest BCUT2D eigenvalue weighted by Gasteiger charge is -2.33. The molecule has 21 heavy (non-hydrogen) atoms. The molecule has 110 valence electrons. The summed E-state index contributed by atoms with van der Waals surface area (Å²) in [5.74, 6) is 0.186. The number of thioether (sulfide) groups is 1. The van der Waals surface area contributed by atoms with E-state index >= 15 is 0 Å². The first-order valence-electron chi connectivity index (χ1n) is 6.82. The number of fused-ring (bicyclic) bond motifs is 1. The maximum absolute atomic E-state index is 12.4. The summed E-state index contributed by atoms with van der Waals surface area (Å²) in [6.45, 7) is 0. The molecule has 2 heterocycles. The summed E-state index contributed by atoms with van der Waals surface area (Å²) in [6, 6.07) is 9.33. The van der Waals surface area contributed by atoms with Crippen molar-refractivity contribution in [3.63, 3.8) is 0 Å². The molecule has 0 radical (unpaired) electrons. The predicted molar refractivity (Wildman–Crippen MR) is 82.7 cm³/mol. The number of hydrogen-bond acceptors (Lipinski definition) is 3. The number of carbonyl (C=O) groups is 2. The first-order chi connectivity index (χ1) is 10.1. The van der Waals surface area contributed by atoms with Crippen LogP contribution >= 0.6 is 11.8 Å². The van der Waals surface area contributed by atoms with Gasteiger partial charge in [-0.1, -0.05) is 18.2 Å². The van der Waals surface area contributed by atoms with Crippen molar-refractivity contribution in [1.29, 1.82) is 0 Å². The van der Waals surface area contributed by atoms with Gasteiger partial charge in [0.25, 0.3) is 5.91 Å². The van der Waals surface area contributed by atoms with Crippen LogP contribution in [-0.4, -0.2) is 39.0 Å². The highest BCUT2D eigenvalue weighted by Crippen LogP contribution is 2.28. The van der Waals surface area contributed by atoms with Crippen molar-refractivity contribution in [1.82, 2.24) is 10.3 Å². The van der Waals surface area contributed by atoms with E-state index in [2.05, 4.69) is 10.3 Å². The molecular formula is C15H16N2O3S. The number of carbonyl (C=O) groups excluding carboxylic acids is 1. The van der Waals surface area contributed by atoms with Crippen LogP contribution in [0.3, 0.4) is 0 Å². The number of amides is 1. The summed E-state index contributed by atoms with van der Waals surface area (Å²) in [6.07, 6.45) is 0.915. The van der Waals surface area contributed by atoms with Gasteiger partial charge < -0.3 is 15.4 Å². The molecule has 1 aliphatic rings. The van der Waals surface area contributed by atoms with E-state index < -0.39 is 11.5 Å². The molecule has 1 aromatic heterocycles. The molecule has 1 aliphatic heterocycles. The Bertz CT molecular complexity index is 656. The molecule has 0 saturated carbocycles. The van der Waals surface area contributed by atoms with Crippen LogP contribution in [0.25, 0.3) is 10.9 Å². The van der Waals surface area contributed by atoms with Gasteiger partial charge in [0.05, 0.1) is 0 Å². The average Bonchev–Trinajstić information content (AvgIpc) is 2.92. The van der Waals surface area contributed by atoms with Crippen LogP contribution in [0.4, 0.5) is 0 Å². The summed E-state index contributed by atoms with van der Waals surface area (Å²) in [5, 5.41) is 13.2. The third-order valence-electron chi connectivity index (χ3n) is 3.88. The minimum atomic E-state index is -1.14. The summed E-state index contributed by atoms with van der Waals surface area (Å²) in [5.41, 5.74) is 0.126. The Kier molecular flexibility index (Phi) is 3.63. The Labute approximate surface area is 126 Å². The van der Waals surface area contributed by atoms with Gasteiger partial charge in [-0.15, -0.1) is 0 Å². The SMILES string of the molecule is O=C(NC1(C(=O)O)CCSCC1)c1cc2ccccc2[nH]1. The Hall–Kier alpha value is -1.95. The fourth-order valence-corrected chi connectivity index (χ4v) is 3.78. The highest BCUT2D eigenvalue weighted by Gasteiger charge is 2.41. The van der Waals surface area contributed by atoms with Gasteiger partial charge >= 0.3 is 5.97 Å². The van der Waals surface area contributed by atoms with Gasteiger partial charge in [-0.2, -0.15) is 11.8 Å². The minimum Gasteiger partial charge on any atom is -0.480 e. The molecule has 3 rings (SSSR count). The molecule has 0 atom stereocenters. The molecule has 6 heteroatoms. The quantitative estimate of drug-likeness (QED) is 0.812. The summed E-state index contributed by atoms with van der Waals surface area (Å²) < 4.78 is 0. The van der Waals surface area contributed by atoms with Crippen molar-refractivity contribution in [3.8, 4) is 0 Å². The summed E-state index contributed by atoms with van der Waals surface area (Å²) in [4.78, 5) is 27.0. The van der Waals surface area contributed by atoms with Crippen molar-refractivity contribution < 1.29 is 14.7 Å². The van der Waals surface area contributed by atoms with Crippen molar-refractivity contribution in [2.75, 3.05) is 11.5 Å². The van der Waals surface area contributed by atoms with E-state index in [4.69, 9.17) is 0 Å². The molecule has 5 nitrogen and oxygen atoms in total. The largest absolute Gasteiger partial charge is 0.480 e. The number of H-pyrrole nitrogens is 1. The van der Waals surface area contributed by atoms with Crippen molar-refractivity contribution in [3.05, 3.63) is 36.0 Å². The van der Waals surface area contributed by atoms with Crippen molar-refractivity contribution >= 4 is 34.5 Å². The molecular weight excluding hydrogens is 288 g/mol. The Balaban J connectivity index is 1.85. The van der Waals surface area contributed by atoms with Crippen LogP contribution in [-0.2, 0) is 4.79 Å². The second-order valence-corrected chi connectivity index (χ2v) is 6.45. The average molecular weight is 304 g/mol. The predicted octanol–water partition coefficient (Wildman–Crippen LogP) is 2.25. The normalized spacial score (nSPS) is 17.5. The van der Waals surface area contributed by atoms with Crippen LogP contribution in [0.15, 0.2) is 30.3 Å². The zero-order valence-electron chi connectivity index (χ0n) is 11.4. The maximum Gasteiger partial charge on any atom is 0.329 e. The summed E-state index contributed by atoms with van der Waals surface area (Å²) >= 11 is 1.72. The molecule has 3 N–H and O–H groups in total. The van der Waals surface area contributed by atoms with Gasteiger partial charge in [0.15, 0.2) is 0 Å². The Morgan fingerprint density at radius 2 is 1.95 bits per heavy atom. The van der Waals surface area contributed by atoms with Gasteiger partial charge in [-0.05, 0) is 36.5 Å². The van der Waals surface area contributed by atoms with Crippen LogP contribution < -0.4 is 5.32 Å². The van der Waals surface area contributed by atoms with Crippen molar-refractivity contribution in [2.24, 2.45) is 0 Å². The van der Waals surface area contributed by atoms with E-state index in [1.807, 2.05) is 24.3 Å². The number of hydrogen-bond donors (Lipinski definition) is 3. The topological polar surface area (TPSA) is 82.2 Å². The number of benzene rings is 1. The third-order valence-corrected chi connectivity index (χ3v) is 4.87. The molecule has 2 aromatic rings. The van der Waals surface area contributed by atoms with E-state index in [-0.39, 0.29) is 5.91 Å². The molecule has 1 fully saturated rings. The first-order valence-corrected chi connectivity index (χ1v) is 7.98. The van der Waals surface area contributed by atoms with Crippen molar-refractivity contribution in [2.45, 2.75) is 18.4 Å². The number of carboxylic acid groups (broad SMARTS) is 1. The molecule has 0 unspecified atom stereocenters. The van der Waals surface area contributed by atoms with Gasteiger partial charge in [-0.3, -0.25) is 4.79 Å². The third kappa shape index (κ3) is 2.63.